The topological polar surface area (TPSA) is 98.7 Å². The molecule has 4 heterocycles. The predicted octanol–water partition coefficient (Wildman–Crippen LogP) is 2.21. The van der Waals surface area contributed by atoms with Crippen LogP contribution in [0.3, 0.4) is 0 Å². The molecule has 1 aliphatic heterocycles. The fourth-order valence-corrected chi connectivity index (χ4v) is 4.61. The number of imidazole rings is 1. The second-order valence-corrected chi connectivity index (χ2v) is 8.48. The van der Waals surface area contributed by atoms with Crippen LogP contribution in [-0.2, 0) is 11.8 Å². The van der Waals surface area contributed by atoms with E-state index >= 15 is 0 Å². The lowest BCUT2D eigenvalue weighted by atomic mass is 9.83. The summed E-state index contributed by atoms with van der Waals surface area (Å²) in [5.41, 5.74) is 2.78. The maximum absolute atomic E-state index is 13.6. The van der Waals surface area contributed by atoms with E-state index in [0.717, 1.165) is 25.0 Å². The molecule has 1 aliphatic carbocycles. The average Bonchev–Trinajstić information content (AvgIpc) is 3.47. The lowest BCUT2D eigenvalue weighted by Gasteiger charge is -2.25. The standard InChI is InChI=1S/C22H27N7O3/c1-4-19(30)27-9-8-15(11-27)28-13-16(24-17-12-26(2)25-21(17)32-3)20-23-10-18(14-6-5-7-14)29(20)22(28)31/h4,10,12-15,24H,1,5-9,11H2,2-3H3. The second kappa shape index (κ2) is 7.85. The van der Waals surface area contributed by atoms with E-state index in [2.05, 4.69) is 22.0 Å². The van der Waals surface area contributed by atoms with E-state index in [1.54, 1.807) is 31.9 Å². The molecule has 5 rings (SSSR count). The molecular formula is C22H27N7O3. The Bertz CT molecular complexity index is 1250. The summed E-state index contributed by atoms with van der Waals surface area (Å²) in [6.07, 6.45) is 10.7. The first-order valence-corrected chi connectivity index (χ1v) is 10.9. The number of likely N-dealkylation sites (tertiary alicyclic amines) is 1. The van der Waals surface area contributed by atoms with Crippen LogP contribution in [0.25, 0.3) is 5.65 Å². The van der Waals surface area contributed by atoms with Gasteiger partial charge in [0.1, 0.15) is 5.69 Å². The number of anilines is 2. The number of carbonyl (C=O) groups excluding carboxylic acids is 1. The number of nitrogens with zero attached hydrogens (tertiary/aromatic N) is 6. The summed E-state index contributed by atoms with van der Waals surface area (Å²) in [7, 11) is 3.39. The minimum Gasteiger partial charge on any atom is -0.478 e. The summed E-state index contributed by atoms with van der Waals surface area (Å²) in [6.45, 7) is 4.65. The molecule has 1 amide bonds. The summed E-state index contributed by atoms with van der Waals surface area (Å²) in [4.78, 5) is 32.0. The van der Waals surface area contributed by atoms with Crippen molar-refractivity contribution in [1.29, 1.82) is 0 Å². The van der Waals surface area contributed by atoms with E-state index < -0.39 is 0 Å². The van der Waals surface area contributed by atoms with Crippen LogP contribution in [0, 0.1) is 0 Å². The molecule has 10 nitrogen and oxygen atoms in total. The summed E-state index contributed by atoms with van der Waals surface area (Å²) in [5, 5.41) is 7.66. The van der Waals surface area contributed by atoms with Gasteiger partial charge in [0.05, 0.1) is 30.7 Å². The molecule has 2 aliphatic rings. The Balaban J connectivity index is 1.62. The van der Waals surface area contributed by atoms with Gasteiger partial charge < -0.3 is 15.0 Å². The van der Waals surface area contributed by atoms with Crippen LogP contribution in [-0.4, -0.2) is 54.7 Å². The molecule has 0 radical (unpaired) electrons. The first-order chi connectivity index (χ1) is 15.5. The van der Waals surface area contributed by atoms with Crippen LogP contribution in [0.2, 0.25) is 0 Å². The van der Waals surface area contributed by atoms with Crippen molar-refractivity contribution in [3.05, 3.63) is 47.4 Å². The Labute approximate surface area is 185 Å². The Morgan fingerprint density at radius 3 is 2.78 bits per heavy atom. The number of amides is 1. The fourth-order valence-electron chi connectivity index (χ4n) is 4.61. The van der Waals surface area contributed by atoms with Gasteiger partial charge in [-0.25, -0.2) is 14.2 Å². The normalized spacial score (nSPS) is 18.7. The van der Waals surface area contributed by atoms with Crippen molar-refractivity contribution in [3.8, 4) is 5.88 Å². The molecule has 2 fully saturated rings. The van der Waals surface area contributed by atoms with E-state index in [-0.39, 0.29) is 17.6 Å². The van der Waals surface area contributed by atoms with Gasteiger partial charge in [-0.2, -0.15) is 0 Å². The zero-order valence-electron chi connectivity index (χ0n) is 18.3. The van der Waals surface area contributed by atoms with Gasteiger partial charge in [-0.1, -0.05) is 13.0 Å². The van der Waals surface area contributed by atoms with Crippen LogP contribution in [0.4, 0.5) is 11.4 Å². The number of aromatic nitrogens is 5. The van der Waals surface area contributed by atoms with E-state index in [1.165, 1.54) is 6.08 Å². The Hall–Kier alpha value is -3.56. The molecule has 3 aromatic heterocycles. The number of fused-ring (bicyclic) bond motifs is 1. The van der Waals surface area contributed by atoms with Crippen molar-refractivity contribution < 1.29 is 9.53 Å². The molecule has 1 atom stereocenters. The van der Waals surface area contributed by atoms with Gasteiger partial charge in [0, 0.05) is 38.4 Å². The minimum atomic E-state index is -0.124. The SMILES string of the molecule is C=CC(=O)N1CCC(n2cc(Nc3cn(C)nc3OC)c3ncc(C4CCC4)n3c2=O)C1. The molecule has 1 unspecified atom stereocenters. The van der Waals surface area contributed by atoms with Crippen molar-refractivity contribution in [2.75, 3.05) is 25.5 Å². The van der Waals surface area contributed by atoms with E-state index in [4.69, 9.17) is 4.74 Å². The summed E-state index contributed by atoms with van der Waals surface area (Å²) in [6, 6.07) is -0.121. The van der Waals surface area contributed by atoms with Crippen molar-refractivity contribution in [2.24, 2.45) is 7.05 Å². The van der Waals surface area contributed by atoms with Crippen LogP contribution < -0.4 is 15.7 Å². The summed E-state index contributed by atoms with van der Waals surface area (Å²) < 4.78 is 10.5. The van der Waals surface area contributed by atoms with Gasteiger partial charge in [0.15, 0.2) is 5.65 Å². The van der Waals surface area contributed by atoms with E-state index in [9.17, 15) is 9.59 Å². The smallest absolute Gasteiger partial charge is 0.334 e. The highest BCUT2D eigenvalue weighted by atomic mass is 16.5. The van der Waals surface area contributed by atoms with Gasteiger partial charge in [0.25, 0.3) is 5.88 Å². The zero-order chi connectivity index (χ0) is 22.4. The lowest BCUT2D eigenvalue weighted by Crippen LogP contribution is -2.34. The Morgan fingerprint density at radius 1 is 1.28 bits per heavy atom. The Kier molecular flexibility index (Phi) is 4.99. The molecule has 0 bridgehead atoms. The maximum Gasteiger partial charge on any atom is 0.334 e. The second-order valence-electron chi connectivity index (χ2n) is 8.48. The number of methoxy groups -OCH3 is 1. The number of ether oxygens (including phenoxy) is 1. The maximum atomic E-state index is 13.6. The highest BCUT2D eigenvalue weighted by Crippen LogP contribution is 2.37. The number of nitrogens with one attached hydrogen (secondary N) is 1. The number of rotatable bonds is 6. The van der Waals surface area contributed by atoms with E-state index in [1.807, 2.05) is 19.4 Å². The highest BCUT2D eigenvalue weighted by Gasteiger charge is 2.30. The predicted molar refractivity (Wildman–Crippen MR) is 120 cm³/mol. The number of carbonyl (C=O) groups is 1. The molecule has 0 spiro atoms. The minimum absolute atomic E-state index is 0.113. The van der Waals surface area contributed by atoms with Gasteiger partial charge in [0.2, 0.25) is 5.91 Å². The molecule has 1 N–H and O–H groups in total. The fraction of sp³-hybridized carbons (Fsp3) is 0.455. The van der Waals surface area contributed by atoms with Crippen LogP contribution in [0.1, 0.15) is 43.3 Å². The van der Waals surface area contributed by atoms with Crippen molar-refractivity contribution in [3.63, 3.8) is 0 Å². The average molecular weight is 438 g/mol. The number of hydrogen-bond acceptors (Lipinski definition) is 6. The first-order valence-electron chi connectivity index (χ1n) is 10.9. The first kappa shape index (κ1) is 20.3. The van der Waals surface area contributed by atoms with Gasteiger partial charge in [-0.05, 0) is 25.3 Å². The molecule has 3 aromatic rings. The van der Waals surface area contributed by atoms with Crippen molar-refractivity contribution >= 4 is 22.9 Å². The molecule has 10 heteroatoms. The van der Waals surface area contributed by atoms with Crippen LogP contribution >= 0.6 is 0 Å². The molecule has 168 valence electrons. The zero-order valence-corrected chi connectivity index (χ0v) is 18.3. The number of hydrogen-bond donors (Lipinski definition) is 1. The van der Waals surface area contributed by atoms with Gasteiger partial charge in [-0.15, -0.1) is 5.10 Å². The van der Waals surface area contributed by atoms with E-state index in [0.29, 0.717) is 48.3 Å². The van der Waals surface area contributed by atoms with Crippen molar-refractivity contribution in [1.82, 2.24) is 28.6 Å². The van der Waals surface area contributed by atoms with Crippen molar-refractivity contribution in [2.45, 2.75) is 37.6 Å². The molecule has 0 aromatic carbocycles. The summed E-state index contributed by atoms with van der Waals surface area (Å²) in [5.74, 6) is 0.687. The Morgan fingerprint density at radius 2 is 2.09 bits per heavy atom. The van der Waals surface area contributed by atoms with Crippen LogP contribution in [0.15, 0.2) is 36.0 Å². The van der Waals surface area contributed by atoms with Gasteiger partial charge in [-0.3, -0.25) is 14.0 Å². The monoisotopic (exact) mass is 437 g/mol. The third kappa shape index (κ3) is 3.26. The number of aryl methyl sites for hydroxylation is 1. The lowest BCUT2D eigenvalue weighted by molar-refractivity contribution is -0.125. The summed E-state index contributed by atoms with van der Waals surface area (Å²) >= 11 is 0. The largest absolute Gasteiger partial charge is 0.478 e. The van der Waals surface area contributed by atoms with Gasteiger partial charge >= 0.3 is 5.69 Å². The third-order valence-electron chi connectivity index (χ3n) is 6.53. The molecule has 32 heavy (non-hydrogen) atoms. The highest BCUT2D eigenvalue weighted by molar-refractivity contribution is 5.87. The molecule has 1 saturated heterocycles. The molecule has 1 saturated carbocycles. The quantitative estimate of drug-likeness (QED) is 0.594. The molecular weight excluding hydrogens is 410 g/mol. The third-order valence-corrected chi connectivity index (χ3v) is 6.53. The van der Waals surface area contributed by atoms with Crippen LogP contribution in [0.5, 0.6) is 5.88 Å².